The molecule has 0 aliphatic rings. The summed E-state index contributed by atoms with van der Waals surface area (Å²) in [5.74, 6) is 1.02. The van der Waals surface area contributed by atoms with Crippen LogP contribution in [-0.2, 0) is 13.5 Å². The molecule has 0 aliphatic carbocycles. The number of fused-ring (bicyclic) bond motifs is 1. The Morgan fingerprint density at radius 1 is 1.32 bits per heavy atom. The van der Waals surface area contributed by atoms with Crippen LogP contribution >= 0.6 is 11.3 Å². The predicted octanol–water partition coefficient (Wildman–Crippen LogP) is 2.51. The molecule has 0 bridgehead atoms. The van der Waals surface area contributed by atoms with Gasteiger partial charge in [-0.1, -0.05) is 0 Å². The Labute approximate surface area is 115 Å². The lowest BCUT2D eigenvalue weighted by molar-refractivity contribution is 0.886. The average Bonchev–Trinajstić information content (AvgIpc) is 2.96. The molecule has 2 aromatic heterocycles. The molecule has 0 radical (unpaired) electrons. The molecule has 0 fully saturated rings. The molecule has 98 valence electrons. The molecule has 0 unspecified atom stereocenters. The van der Waals surface area contributed by atoms with Gasteiger partial charge in [-0.25, -0.2) is 9.97 Å². The van der Waals surface area contributed by atoms with Gasteiger partial charge in [0.15, 0.2) is 0 Å². The molecule has 19 heavy (non-hydrogen) atoms. The summed E-state index contributed by atoms with van der Waals surface area (Å²) in [5.41, 5.74) is 9.92. The summed E-state index contributed by atoms with van der Waals surface area (Å²) in [4.78, 5) is 9.17. The second kappa shape index (κ2) is 4.75. The van der Waals surface area contributed by atoms with Gasteiger partial charge in [0.25, 0.3) is 0 Å². The summed E-state index contributed by atoms with van der Waals surface area (Å²) >= 11 is 1.66. The van der Waals surface area contributed by atoms with Crippen LogP contribution in [0.5, 0.6) is 0 Å². The molecule has 1 aromatic carbocycles. The van der Waals surface area contributed by atoms with Crippen molar-refractivity contribution in [2.75, 3.05) is 6.54 Å². The molecule has 2 N–H and O–H groups in total. The number of aromatic nitrogens is 3. The number of aryl methyl sites for hydroxylation is 2. The average molecular weight is 272 g/mol. The number of nitrogens with two attached hydrogens (primary N) is 1. The van der Waals surface area contributed by atoms with E-state index in [0.29, 0.717) is 6.54 Å². The van der Waals surface area contributed by atoms with Crippen molar-refractivity contribution < 1.29 is 0 Å². The van der Waals surface area contributed by atoms with Gasteiger partial charge < -0.3 is 10.3 Å². The maximum absolute atomic E-state index is 5.55. The molecule has 3 aromatic rings. The number of hydrogen-bond acceptors (Lipinski definition) is 4. The summed E-state index contributed by atoms with van der Waals surface area (Å²) in [6, 6.07) is 6.32. The SMILES string of the molecule is Cc1nc2cc(-c3nc(CCN)cs3)ccc2n1C. The summed E-state index contributed by atoms with van der Waals surface area (Å²) in [6.07, 6.45) is 0.835. The van der Waals surface area contributed by atoms with Gasteiger partial charge in [0, 0.05) is 24.4 Å². The Balaban J connectivity index is 2.04. The fourth-order valence-electron chi connectivity index (χ4n) is 2.16. The van der Waals surface area contributed by atoms with Crippen LogP contribution in [0.15, 0.2) is 23.6 Å². The van der Waals surface area contributed by atoms with Crippen molar-refractivity contribution in [1.29, 1.82) is 0 Å². The molecule has 5 heteroatoms. The molecule has 0 amide bonds. The number of benzene rings is 1. The highest BCUT2D eigenvalue weighted by Gasteiger charge is 2.08. The highest BCUT2D eigenvalue weighted by atomic mass is 32.1. The molecular weight excluding hydrogens is 256 g/mol. The first kappa shape index (κ1) is 12.3. The monoisotopic (exact) mass is 272 g/mol. The highest BCUT2D eigenvalue weighted by Crippen LogP contribution is 2.27. The van der Waals surface area contributed by atoms with Crippen molar-refractivity contribution in [3.05, 3.63) is 35.1 Å². The van der Waals surface area contributed by atoms with E-state index in [2.05, 4.69) is 38.1 Å². The van der Waals surface area contributed by atoms with Crippen LogP contribution < -0.4 is 5.73 Å². The van der Waals surface area contributed by atoms with Gasteiger partial charge in [-0.2, -0.15) is 0 Å². The Kier molecular flexibility index (Phi) is 3.08. The van der Waals surface area contributed by atoms with E-state index in [1.807, 2.05) is 14.0 Å². The second-order valence-electron chi connectivity index (χ2n) is 4.60. The third-order valence-electron chi connectivity index (χ3n) is 3.30. The zero-order valence-electron chi connectivity index (χ0n) is 11.1. The van der Waals surface area contributed by atoms with E-state index in [0.717, 1.165) is 39.5 Å². The summed E-state index contributed by atoms with van der Waals surface area (Å²) in [6.45, 7) is 2.66. The van der Waals surface area contributed by atoms with Crippen molar-refractivity contribution in [1.82, 2.24) is 14.5 Å². The summed E-state index contributed by atoms with van der Waals surface area (Å²) < 4.78 is 2.10. The zero-order chi connectivity index (χ0) is 13.4. The number of thiazole rings is 1. The van der Waals surface area contributed by atoms with E-state index >= 15 is 0 Å². The Bertz CT molecular complexity index is 726. The van der Waals surface area contributed by atoms with E-state index in [-0.39, 0.29) is 0 Å². The van der Waals surface area contributed by atoms with Crippen molar-refractivity contribution >= 4 is 22.4 Å². The van der Waals surface area contributed by atoms with Gasteiger partial charge in [-0.15, -0.1) is 11.3 Å². The van der Waals surface area contributed by atoms with Crippen LogP contribution in [0.1, 0.15) is 11.5 Å². The zero-order valence-corrected chi connectivity index (χ0v) is 11.9. The minimum absolute atomic E-state index is 0.641. The minimum atomic E-state index is 0.641. The third-order valence-corrected chi connectivity index (χ3v) is 4.24. The minimum Gasteiger partial charge on any atom is -0.331 e. The first-order chi connectivity index (χ1) is 9.19. The molecule has 2 heterocycles. The summed E-state index contributed by atoms with van der Waals surface area (Å²) in [7, 11) is 2.03. The predicted molar refractivity (Wildman–Crippen MR) is 79.3 cm³/mol. The van der Waals surface area contributed by atoms with E-state index in [1.54, 1.807) is 11.3 Å². The Morgan fingerprint density at radius 2 is 2.16 bits per heavy atom. The molecule has 0 saturated carbocycles. The lowest BCUT2D eigenvalue weighted by Gasteiger charge is -1.98. The smallest absolute Gasteiger partial charge is 0.123 e. The molecule has 0 saturated heterocycles. The van der Waals surface area contributed by atoms with Crippen molar-refractivity contribution in [2.45, 2.75) is 13.3 Å². The Hall–Kier alpha value is -1.72. The number of hydrogen-bond donors (Lipinski definition) is 1. The lowest BCUT2D eigenvalue weighted by Crippen LogP contribution is -2.02. The maximum Gasteiger partial charge on any atom is 0.123 e. The fraction of sp³-hybridized carbons (Fsp3) is 0.286. The van der Waals surface area contributed by atoms with Gasteiger partial charge in [-0.3, -0.25) is 0 Å². The topological polar surface area (TPSA) is 56.7 Å². The van der Waals surface area contributed by atoms with E-state index in [4.69, 9.17) is 5.73 Å². The van der Waals surface area contributed by atoms with E-state index in [9.17, 15) is 0 Å². The molecule has 4 nitrogen and oxygen atoms in total. The van der Waals surface area contributed by atoms with Crippen LogP contribution in [0.4, 0.5) is 0 Å². The normalized spacial score (nSPS) is 11.3. The molecule has 0 spiro atoms. The van der Waals surface area contributed by atoms with Crippen molar-refractivity contribution in [3.8, 4) is 10.6 Å². The van der Waals surface area contributed by atoms with Gasteiger partial charge in [0.05, 0.1) is 16.7 Å². The molecule has 0 aliphatic heterocycles. The van der Waals surface area contributed by atoms with Crippen molar-refractivity contribution in [3.63, 3.8) is 0 Å². The van der Waals surface area contributed by atoms with Crippen LogP contribution in [0.3, 0.4) is 0 Å². The van der Waals surface area contributed by atoms with E-state index in [1.165, 1.54) is 0 Å². The van der Waals surface area contributed by atoms with Crippen LogP contribution in [0.2, 0.25) is 0 Å². The standard InChI is InChI=1S/C14H16N4S/c1-9-16-12-7-10(3-4-13(12)18(9)2)14-17-11(5-6-15)8-19-14/h3-4,7-8H,5-6,15H2,1-2H3. The van der Waals surface area contributed by atoms with Crippen LogP contribution in [0.25, 0.3) is 21.6 Å². The van der Waals surface area contributed by atoms with E-state index < -0.39 is 0 Å². The maximum atomic E-state index is 5.55. The lowest BCUT2D eigenvalue weighted by atomic mass is 10.2. The second-order valence-corrected chi connectivity index (χ2v) is 5.46. The molecule has 0 atom stereocenters. The summed E-state index contributed by atoms with van der Waals surface area (Å²) in [5, 5.41) is 3.12. The van der Waals surface area contributed by atoms with Crippen LogP contribution in [0, 0.1) is 6.92 Å². The molecular formula is C14H16N4S. The first-order valence-electron chi connectivity index (χ1n) is 6.27. The van der Waals surface area contributed by atoms with Gasteiger partial charge in [-0.05, 0) is 31.7 Å². The molecule has 3 rings (SSSR count). The van der Waals surface area contributed by atoms with Gasteiger partial charge in [0.2, 0.25) is 0 Å². The number of rotatable bonds is 3. The van der Waals surface area contributed by atoms with Gasteiger partial charge in [0.1, 0.15) is 10.8 Å². The number of nitrogens with zero attached hydrogens (tertiary/aromatic N) is 3. The Morgan fingerprint density at radius 3 is 2.95 bits per heavy atom. The first-order valence-corrected chi connectivity index (χ1v) is 7.15. The van der Waals surface area contributed by atoms with Gasteiger partial charge >= 0.3 is 0 Å². The largest absolute Gasteiger partial charge is 0.331 e. The number of imidazole rings is 1. The third kappa shape index (κ3) is 2.15. The van der Waals surface area contributed by atoms with Crippen molar-refractivity contribution in [2.24, 2.45) is 12.8 Å². The van der Waals surface area contributed by atoms with Crippen LogP contribution in [-0.4, -0.2) is 21.1 Å². The quantitative estimate of drug-likeness (QED) is 0.797. The highest BCUT2D eigenvalue weighted by molar-refractivity contribution is 7.13. The fourth-order valence-corrected chi connectivity index (χ4v) is 3.01.